The average Bonchev–Trinajstić information content (AvgIpc) is 2.76. The van der Waals surface area contributed by atoms with Crippen LogP contribution in [0.25, 0.3) is 16.7 Å². The first-order valence-corrected chi connectivity index (χ1v) is 5.83. The van der Waals surface area contributed by atoms with E-state index >= 15 is 0 Å². The molecule has 4 heteroatoms. The summed E-state index contributed by atoms with van der Waals surface area (Å²) >= 11 is 0. The maximum Gasteiger partial charge on any atom is 0.338 e. The number of ether oxygens (including phenoxy) is 1. The molecule has 3 rings (SSSR count). The van der Waals surface area contributed by atoms with E-state index in [2.05, 4.69) is 4.98 Å². The van der Waals surface area contributed by atoms with Crippen LogP contribution in [0.2, 0.25) is 0 Å². The minimum atomic E-state index is -0.313. The standard InChI is InChI=1S/C14H12N2O2/c1-2-18-14(17)10-7-8-16-12-6-4-3-5-11(12)15-13(16)9-10/h3-9H,2H2,1H3. The van der Waals surface area contributed by atoms with Crippen molar-refractivity contribution in [3.8, 4) is 0 Å². The minimum Gasteiger partial charge on any atom is -0.462 e. The van der Waals surface area contributed by atoms with Crippen molar-refractivity contribution in [3.05, 3.63) is 48.2 Å². The number of aromatic nitrogens is 2. The molecule has 18 heavy (non-hydrogen) atoms. The fourth-order valence-electron chi connectivity index (χ4n) is 2.01. The maximum atomic E-state index is 11.6. The second-order valence-corrected chi connectivity index (χ2v) is 3.96. The van der Waals surface area contributed by atoms with E-state index in [0.29, 0.717) is 12.2 Å². The Labute approximate surface area is 104 Å². The molecule has 0 spiro atoms. The summed E-state index contributed by atoms with van der Waals surface area (Å²) in [5, 5.41) is 0. The van der Waals surface area contributed by atoms with E-state index in [1.54, 1.807) is 19.1 Å². The number of nitrogens with zero attached hydrogens (tertiary/aromatic N) is 2. The van der Waals surface area contributed by atoms with Crippen LogP contribution in [0.15, 0.2) is 42.6 Å². The van der Waals surface area contributed by atoms with Gasteiger partial charge in [-0.05, 0) is 31.2 Å². The second-order valence-electron chi connectivity index (χ2n) is 3.96. The molecule has 3 aromatic rings. The van der Waals surface area contributed by atoms with Gasteiger partial charge >= 0.3 is 5.97 Å². The van der Waals surface area contributed by atoms with Gasteiger partial charge in [-0.2, -0.15) is 0 Å². The Bertz CT molecular complexity index is 731. The SMILES string of the molecule is CCOC(=O)c1ccn2c(c1)nc1ccccc12. The van der Waals surface area contributed by atoms with E-state index in [-0.39, 0.29) is 5.97 Å². The molecule has 0 amide bonds. The summed E-state index contributed by atoms with van der Waals surface area (Å²) in [4.78, 5) is 16.1. The van der Waals surface area contributed by atoms with E-state index < -0.39 is 0 Å². The van der Waals surface area contributed by atoms with E-state index in [1.807, 2.05) is 34.9 Å². The van der Waals surface area contributed by atoms with Crippen molar-refractivity contribution in [2.24, 2.45) is 0 Å². The number of hydrogen-bond donors (Lipinski definition) is 0. The van der Waals surface area contributed by atoms with Gasteiger partial charge in [-0.1, -0.05) is 12.1 Å². The largest absolute Gasteiger partial charge is 0.462 e. The molecule has 0 atom stereocenters. The van der Waals surface area contributed by atoms with Gasteiger partial charge in [-0.25, -0.2) is 9.78 Å². The number of benzene rings is 1. The molecule has 1 aromatic carbocycles. The van der Waals surface area contributed by atoms with Gasteiger partial charge in [0.2, 0.25) is 0 Å². The highest BCUT2D eigenvalue weighted by Crippen LogP contribution is 2.17. The Morgan fingerprint density at radius 3 is 3.00 bits per heavy atom. The number of rotatable bonds is 2. The number of carbonyl (C=O) groups is 1. The van der Waals surface area contributed by atoms with Gasteiger partial charge < -0.3 is 4.74 Å². The Hall–Kier alpha value is -2.36. The topological polar surface area (TPSA) is 43.6 Å². The number of imidazole rings is 1. The molecule has 2 heterocycles. The quantitative estimate of drug-likeness (QED) is 0.647. The molecule has 0 aliphatic rings. The molecule has 0 saturated carbocycles. The molecular formula is C14H12N2O2. The Morgan fingerprint density at radius 1 is 1.33 bits per heavy atom. The lowest BCUT2D eigenvalue weighted by Gasteiger charge is -2.02. The molecule has 0 unspecified atom stereocenters. The first-order valence-electron chi connectivity index (χ1n) is 5.83. The molecule has 0 fully saturated rings. The summed E-state index contributed by atoms with van der Waals surface area (Å²) in [6.45, 7) is 2.17. The van der Waals surface area contributed by atoms with Gasteiger partial charge in [0.25, 0.3) is 0 Å². The summed E-state index contributed by atoms with van der Waals surface area (Å²) in [5.41, 5.74) is 3.22. The third-order valence-electron chi connectivity index (χ3n) is 2.82. The fourth-order valence-corrected chi connectivity index (χ4v) is 2.01. The van der Waals surface area contributed by atoms with E-state index in [1.165, 1.54) is 0 Å². The van der Waals surface area contributed by atoms with Crippen LogP contribution in [0, 0.1) is 0 Å². The highest BCUT2D eigenvalue weighted by molar-refractivity contribution is 5.91. The predicted molar refractivity (Wildman–Crippen MR) is 68.7 cm³/mol. The zero-order valence-electron chi connectivity index (χ0n) is 9.96. The number of fused-ring (bicyclic) bond motifs is 3. The molecule has 0 bridgehead atoms. The van der Waals surface area contributed by atoms with Crippen LogP contribution >= 0.6 is 0 Å². The van der Waals surface area contributed by atoms with Gasteiger partial charge in [0, 0.05) is 6.20 Å². The minimum absolute atomic E-state index is 0.313. The highest BCUT2D eigenvalue weighted by Gasteiger charge is 2.09. The fraction of sp³-hybridized carbons (Fsp3) is 0.143. The third-order valence-corrected chi connectivity index (χ3v) is 2.82. The number of hydrogen-bond acceptors (Lipinski definition) is 3. The van der Waals surface area contributed by atoms with E-state index in [9.17, 15) is 4.79 Å². The lowest BCUT2D eigenvalue weighted by atomic mass is 10.2. The molecule has 0 radical (unpaired) electrons. The molecule has 0 aliphatic carbocycles. The van der Waals surface area contributed by atoms with Gasteiger partial charge in [-0.3, -0.25) is 4.40 Å². The van der Waals surface area contributed by atoms with Crippen LogP contribution < -0.4 is 0 Å². The van der Waals surface area contributed by atoms with Gasteiger partial charge in [0.15, 0.2) is 0 Å². The normalized spacial score (nSPS) is 10.9. The monoisotopic (exact) mass is 240 g/mol. The van der Waals surface area contributed by atoms with E-state index in [0.717, 1.165) is 16.7 Å². The summed E-state index contributed by atoms with van der Waals surface area (Å²) in [7, 11) is 0. The molecular weight excluding hydrogens is 228 g/mol. The van der Waals surface area contributed by atoms with Gasteiger partial charge in [0.05, 0.1) is 23.2 Å². The van der Waals surface area contributed by atoms with Crippen molar-refractivity contribution >= 4 is 22.6 Å². The van der Waals surface area contributed by atoms with Crippen molar-refractivity contribution in [1.82, 2.24) is 9.38 Å². The first kappa shape index (κ1) is 10.8. The van der Waals surface area contributed by atoms with E-state index in [4.69, 9.17) is 4.74 Å². The third kappa shape index (κ3) is 1.62. The smallest absolute Gasteiger partial charge is 0.338 e. The van der Waals surface area contributed by atoms with Gasteiger partial charge in [0.1, 0.15) is 5.65 Å². The van der Waals surface area contributed by atoms with Crippen LogP contribution in [-0.4, -0.2) is 22.0 Å². The average molecular weight is 240 g/mol. The summed E-state index contributed by atoms with van der Waals surface area (Å²) in [6.07, 6.45) is 1.84. The van der Waals surface area contributed by atoms with Crippen molar-refractivity contribution in [2.45, 2.75) is 6.92 Å². The molecule has 4 nitrogen and oxygen atoms in total. The Kier molecular flexibility index (Phi) is 2.48. The Balaban J connectivity index is 2.18. The molecule has 0 saturated heterocycles. The van der Waals surface area contributed by atoms with Crippen LogP contribution in [-0.2, 0) is 4.74 Å². The highest BCUT2D eigenvalue weighted by atomic mass is 16.5. The van der Waals surface area contributed by atoms with Crippen LogP contribution in [0.4, 0.5) is 0 Å². The van der Waals surface area contributed by atoms with Crippen LogP contribution in [0.3, 0.4) is 0 Å². The van der Waals surface area contributed by atoms with Crippen molar-refractivity contribution in [1.29, 1.82) is 0 Å². The first-order chi connectivity index (χ1) is 8.79. The Morgan fingerprint density at radius 2 is 2.17 bits per heavy atom. The molecule has 0 N–H and O–H groups in total. The van der Waals surface area contributed by atoms with Gasteiger partial charge in [-0.15, -0.1) is 0 Å². The summed E-state index contributed by atoms with van der Waals surface area (Å²) in [5.74, 6) is -0.313. The summed E-state index contributed by atoms with van der Waals surface area (Å²) in [6, 6.07) is 11.4. The van der Waals surface area contributed by atoms with Crippen molar-refractivity contribution in [2.75, 3.05) is 6.61 Å². The van der Waals surface area contributed by atoms with Crippen molar-refractivity contribution in [3.63, 3.8) is 0 Å². The zero-order chi connectivity index (χ0) is 12.5. The predicted octanol–water partition coefficient (Wildman–Crippen LogP) is 2.66. The lowest BCUT2D eigenvalue weighted by molar-refractivity contribution is 0.0526. The molecule has 0 aliphatic heterocycles. The number of pyridine rings is 1. The summed E-state index contributed by atoms with van der Waals surface area (Å²) < 4.78 is 6.93. The van der Waals surface area contributed by atoms with Crippen LogP contribution in [0.5, 0.6) is 0 Å². The second kappa shape index (κ2) is 4.14. The number of carbonyl (C=O) groups excluding carboxylic acids is 1. The lowest BCUT2D eigenvalue weighted by Crippen LogP contribution is -2.05. The zero-order valence-corrected chi connectivity index (χ0v) is 9.96. The molecule has 2 aromatic heterocycles. The maximum absolute atomic E-state index is 11.6. The number of para-hydroxylation sites is 2. The number of esters is 1. The van der Waals surface area contributed by atoms with Crippen molar-refractivity contribution < 1.29 is 9.53 Å². The molecule has 90 valence electrons. The van der Waals surface area contributed by atoms with Crippen LogP contribution in [0.1, 0.15) is 17.3 Å².